The lowest BCUT2D eigenvalue weighted by Gasteiger charge is -2.21. The van der Waals surface area contributed by atoms with Gasteiger partial charge in [-0.15, -0.1) is 0 Å². The van der Waals surface area contributed by atoms with Gasteiger partial charge in [0.1, 0.15) is 0 Å². The molecule has 1 fully saturated rings. The molecule has 0 aliphatic carbocycles. The largest absolute Gasteiger partial charge is 0.481 e. The molecule has 1 atom stereocenters. The van der Waals surface area contributed by atoms with Crippen LogP contribution in [0.4, 0.5) is 13.2 Å². The van der Waals surface area contributed by atoms with E-state index in [0.717, 1.165) is 0 Å². The summed E-state index contributed by atoms with van der Waals surface area (Å²) >= 11 is -0.183. The van der Waals surface area contributed by atoms with Crippen molar-refractivity contribution in [1.29, 1.82) is 0 Å². The van der Waals surface area contributed by atoms with Crippen LogP contribution in [-0.2, 0) is 9.53 Å². The lowest BCUT2D eigenvalue weighted by molar-refractivity contribution is -0.149. The van der Waals surface area contributed by atoms with E-state index < -0.39 is 16.9 Å². The van der Waals surface area contributed by atoms with Gasteiger partial charge < -0.3 is 9.84 Å². The summed E-state index contributed by atoms with van der Waals surface area (Å²) in [5, 5.41) is 8.92. The predicted molar refractivity (Wildman–Crippen MR) is 48.6 cm³/mol. The lowest BCUT2D eigenvalue weighted by atomic mass is 9.85. The second-order valence-electron chi connectivity index (χ2n) is 3.43. The predicted octanol–water partition coefficient (Wildman–Crippen LogP) is 2.12. The van der Waals surface area contributed by atoms with Crippen molar-refractivity contribution in [1.82, 2.24) is 0 Å². The van der Waals surface area contributed by atoms with Crippen LogP contribution >= 0.6 is 11.8 Å². The Morgan fingerprint density at radius 3 is 2.60 bits per heavy atom. The molecule has 0 saturated carbocycles. The number of carboxylic acid groups (broad SMARTS) is 1. The average molecular weight is 244 g/mol. The standard InChI is InChI=1S/C8H11F3O3S/c9-8(10,11)15-4-2-7(6(12)13)1-3-14-5-7/h1-5H2,(H,12,13). The molecule has 15 heavy (non-hydrogen) atoms. The van der Waals surface area contributed by atoms with Crippen LogP contribution in [-0.4, -0.2) is 35.6 Å². The van der Waals surface area contributed by atoms with E-state index in [1.807, 2.05) is 0 Å². The number of carbonyl (C=O) groups is 1. The number of halogens is 3. The van der Waals surface area contributed by atoms with Crippen LogP contribution in [0.2, 0.25) is 0 Å². The highest BCUT2D eigenvalue weighted by molar-refractivity contribution is 8.00. The lowest BCUT2D eigenvalue weighted by Crippen LogP contribution is -2.32. The Balaban J connectivity index is 2.43. The molecular weight excluding hydrogens is 233 g/mol. The monoisotopic (exact) mass is 244 g/mol. The van der Waals surface area contributed by atoms with Crippen LogP contribution in [0.1, 0.15) is 12.8 Å². The van der Waals surface area contributed by atoms with Crippen molar-refractivity contribution in [3.63, 3.8) is 0 Å². The van der Waals surface area contributed by atoms with Crippen LogP contribution in [0.5, 0.6) is 0 Å². The fourth-order valence-electron chi connectivity index (χ4n) is 1.44. The second kappa shape index (κ2) is 4.61. The Hall–Kier alpha value is -0.430. The maximum Gasteiger partial charge on any atom is 0.441 e. The number of rotatable bonds is 4. The fourth-order valence-corrected chi connectivity index (χ4v) is 2.17. The van der Waals surface area contributed by atoms with Gasteiger partial charge in [0.25, 0.3) is 0 Å². The molecule has 0 spiro atoms. The first kappa shape index (κ1) is 12.6. The number of thioether (sulfide) groups is 1. The Bertz CT molecular complexity index is 236. The highest BCUT2D eigenvalue weighted by atomic mass is 32.2. The summed E-state index contributed by atoms with van der Waals surface area (Å²) in [4.78, 5) is 10.9. The third-order valence-electron chi connectivity index (χ3n) is 2.40. The molecule has 0 radical (unpaired) electrons. The number of ether oxygens (including phenoxy) is 1. The third kappa shape index (κ3) is 3.57. The van der Waals surface area contributed by atoms with Gasteiger partial charge >= 0.3 is 11.5 Å². The minimum atomic E-state index is -4.29. The summed E-state index contributed by atoms with van der Waals surface area (Å²) in [7, 11) is 0. The first-order valence-corrected chi connectivity index (χ1v) is 5.36. The summed E-state index contributed by atoms with van der Waals surface area (Å²) in [6, 6.07) is 0. The fraction of sp³-hybridized carbons (Fsp3) is 0.875. The zero-order chi connectivity index (χ0) is 11.5. The van der Waals surface area contributed by atoms with Crippen molar-refractivity contribution in [2.45, 2.75) is 18.3 Å². The number of alkyl halides is 3. The van der Waals surface area contributed by atoms with E-state index in [-0.39, 0.29) is 30.5 Å². The van der Waals surface area contributed by atoms with Gasteiger partial charge in [0.2, 0.25) is 0 Å². The molecule has 0 aromatic rings. The molecule has 0 amide bonds. The molecule has 1 N–H and O–H groups in total. The zero-order valence-corrected chi connectivity index (χ0v) is 8.66. The molecule has 88 valence electrons. The molecule has 1 heterocycles. The minimum absolute atomic E-state index is 0.00743. The van der Waals surface area contributed by atoms with E-state index in [1.54, 1.807) is 0 Å². The van der Waals surface area contributed by atoms with Crippen LogP contribution in [0, 0.1) is 5.41 Å². The minimum Gasteiger partial charge on any atom is -0.481 e. The van der Waals surface area contributed by atoms with Crippen LogP contribution in [0.3, 0.4) is 0 Å². The molecule has 1 rings (SSSR count). The summed E-state index contributed by atoms with van der Waals surface area (Å²) in [5.74, 6) is -1.30. The number of aliphatic carboxylic acids is 1. The molecule has 1 aliphatic heterocycles. The normalized spacial score (nSPS) is 26.9. The van der Waals surface area contributed by atoms with E-state index in [9.17, 15) is 18.0 Å². The summed E-state index contributed by atoms with van der Waals surface area (Å²) in [6.07, 6.45) is 0.285. The highest BCUT2D eigenvalue weighted by Gasteiger charge is 2.43. The molecule has 1 unspecified atom stereocenters. The molecule has 7 heteroatoms. The number of hydrogen-bond acceptors (Lipinski definition) is 3. The number of hydrogen-bond donors (Lipinski definition) is 1. The first-order chi connectivity index (χ1) is 6.86. The average Bonchev–Trinajstić information content (AvgIpc) is 2.51. The molecule has 0 aromatic heterocycles. The molecule has 0 aromatic carbocycles. The van der Waals surface area contributed by atoms with Crippen LogP contribution < -0.4 is 0 Å². The first-order valence-electron chi connectivity index (χ1n) is 4.38. The van der Waals surface area contributed by atoms with Gasteiger partial charge in [0, 0.05) is 12.4 Å². The molecule has 3 nitrogen and oxygen atoms in total. The highest BCUT2D eigenvalue weighted by Crippen LogP contribution is 2.37. The van der Waals surface area contributed by atoms with E-state index in [0.29, 0.717) is 13.0 Å². The Kier molecular flexibility index (Phi) is 3.88. The summed E-state index contributed by atoms with van der Waals surface area (Å²) in [5.41, 5.74) is -5.41. The Labute approximate surface area is 89.0 Å². The van der Waals surface area contributed by atoms with Gasteiger partial charge in [0.05, 0.1) is 12.0 Å². The summed E-state index contributed by atoms with van der Waals surface area (Å²) in [6.45, 7) is 0.323. The zero-order valence-electron chi connectivity index (χ0n) is 7.84. The van der Waals surface area contributed by atoms with Gasteiger partial charge in [-0.3, -0.25) is 4.79 Å². The molecule has 1 aliphatic rings. The van der Waals surface area contributed by atoms with Gasteiger partial charge in [-0.25, -0.2) is 0 Å². The maximum atomic E-state index is 11.8. The van der Waals surface area contributed by atoms with Crippen molar-refractivity contribution in [3.8, 4) is 0 Å². The van der Waals surface area contributed by atoms with E-state index in [1.165, 1.54) is 0 Å². The quantitative estimate of drug-likeness (QED) is 0.822. The topological polar surface area (TPSA) is 46.5 Å². The van der Waals surface area contributed by atoms with Gasteiger partial charge in [-0.1, -0.05) is 11.8 Å². The van der Waals surface area contributed by atoms with Crippen molar-refractivity contribution in [2.75, 3.05) is 19.0 Å². The van der Waals surface area contributed by atoms with E-state index in [2.05, 4.69) is 0 Å². The van der Waals surface area contributed by atoms with Crippen molar-refractivity contribution < 1.29 is 27.8 Å². The Morgan fingerprint density at radius 1 is 1.53 bits per heavy atom. The molecule has 0 bridgehead atoms. The second-order valence-corrected chi connectivity index (χ2v) is 4.59. The van der Waals surface area contributed by atoms with E-state index >= 15 is 0 Å². The van der Waals surface area contributed by atoms with Crippen molar-refractivity contribution >= 4 is 17.7 Å². The molecule has 1 saturated heterocycles. The smallest absolute Gasteiger partial charge is 0.441 e. The van der Waals surface area contributed by atoms with Crippen LogP contribution in [0.15, 0.2) is 0 Å². The van der Waals surface area contributed by atoms with Crippen molar-refractivity contribution in [2.24, 2.45) is 5.41 Å². The third-order valence-corrected chi connectivity index (χ3v) is 3.14. The van der Waals surface area contributed by atoms with Gasteiger partial charge in [0.15, 0.2) is 0 Å². The van der Waals surface area contributed by atoms with E-state index in [4.69, 9.17) is 9.84 Å². The van der Waals surface area contributed by atoms with Crippen molar-refractivity contribution in [3.05, 3.63) is 0 Å². The maximum absolute atomic E-state index is 11.8. The van der Waals surface area contributed by atoms with Gasteiger partial charge in [-0.2, -0.15) is 13.2 Å². The SMILES string of the molecule is O=C(O)C1(CCSC(F)(F)F)CCOC1. The summed E-state index contributed by atoms with van der Waals surface area (Å²) < 4.78 is 40.5. The van der Waals surface area contributed by atoms with Crippen LogP contribution in [0.25, 0.3) is 0 Å². The molecular formula is C8H11F3O3S. The number of carboxylic acids is 1. The van der Waals surface area contributed by atoms with Gasteiger partial charge in [-0.05, 0) is 12.8 Å². The Morgan fingerprint density at radius 2 is 2.20 bits per heavy atom.